The predicted octanol–water partition coefficient (Wildman–Crippen LogP) is 4.48. The average Bonchev–Trinajstić information content (AvgIpc) is 3.10. The lowest BCUT2D eigenvalue weighted by Gasteiger charge is -2.25. The van der Waals surface area contributed by atoms with Gasteiger partial charge in [-0.25, -0.2) is 9.69 Å². The van der Waals surface area contributed by atoms with Crippen LogP contribution in [0.3, 0.4) is 0 Å². The molecule has 1 heterocycles. The van der Waals surface area contributed by atoms with Crippen LogP contribution < -0.4 is 0 Å². The SMILES string of the molecule is C[C@@H]1[C@H](c2ccccc2)OC(=O)N1C(=O)[C@H](C)[C@@H](O)CCCCOCc1ccccc1. The molecule has 31 heavy (non-hydrogen) atoms. The minimum atomic E-state index is -0.822. The van der Waals surface area contributed by atoms with Crippen molar-refractivity contribution in [1.29, 1.82) is 0 Å². The Morgan fingerprint density at radius 2 is 1.74 bits per heavy atom. The van der Waals surface area contributed by atoms with Gasteiger partial charge in [0.15, 0.2) is 0 Å². The van der Waals surface area contributed by atoms with Crippen molar-refractivity contribution in [3.8, 4) is 0 Å². The number of ether oxygens (including phenoxy) is 2. The molecular formula is C25H31NO5. The maximum absolute atomic E-state index is 12.9. The summed E-state index contributed by atoms with van der Waals surface area (Å²) in [6, 6.07) is 18.9. The average molecular weight is 426 g/mol. The Kier molecular flexibility index (Phi) is 8.20. The van der Waals surface area contributed by atoms with E-state index in [1.54, 1.807) is 13.8 Å². The van der Waals surface area contributed by atoms with Crippen LogP contribution in [0.15, 0.2) is 60.7 Å². The fourth-order valence-electron chi connectivity index (χ4n) is 3.80. The first kappa shape index (κ1) is 23.0. The smallest absolute Gasteiger partial charge is 0.417 e. The lowest BCUT2D eigenvalue weighted by Crippen LogP contribution is -2.44. The van der Waals surface area contributed by atoms with Gasteiger partial charge < -0.3 is 14.6 Å². The van der Waals surface area contributed by atoms with Crippen molar-refractivity contribution in [1.82, 2.24) is 4.90 Å². The summed E-state index contributed by atoms with van der Waals surface area (Å²) in [6.07, 6.45) is 0.0328. The Morgan fingerprint density at radius 1 is 1.10 bits per heavy atom. The summed E-state index contributed by atoms with van der Waals surface area (Å²) in [6.45, 7) is 4.62. The minimum absolute atomic E-state index is 0.399. The van der Waals surface area contributed by atoms with Gasteiger partial charge in [-0.15, -0.1) is 0 Å². The van der Waals surface area contributed by atoms with Gasteiger partial charge in [0.2, 0.25) is 5.91 Å². The Bertz CT molecular complexity index is 842. The molecule has 0 radical (unpaired) electrons. The summed E-state index contributed by atoms with van der Waals surface area (Å²) in [5.74, 6) is -1.08. The van der Waals surface area contributed by atoms with Crippen LogP contribution in [-0.4, -0.2) is 40.8 Å². The number of hydrogen-bond donors (Lipinski definition) is 1. The number of cyclic esters (lactones) is 1. The maximum atomic E-state index is 12.9. The second-order valence-corrected chi connectivity index (χ2v) is 8.05. The summed E-state index contributed by atoms with van der Waals surface area (Å²) in [5, 5.41) is 10.5. The molecule has 6 heteroatoms. The van der Waals surface area contributed by atoms with Gasteiger partial charge in [-0.1, -0.05) is 67.6 Å². The van der Waals surface area contributed by atoms with E-state index in [0.29, 0.717) is 19.6 Å². The number of hydrogen-bond acceptors (Lipinski definition) is 5. The molecule has 0 saturated carbocycles. The normalized spacial score (nSPS) is 20.4. The maximum Gasteiger partial charge on any atom is 0.417 e. The molecule has 2 aromatic rings. The number of imide groups is 1. The Morgan fingerprint density at radius 3 is 2.42 bits per heavy atom. The summed E-state index contributed by atoms with van der Waals surface area (Å²) in [4.78, 5) is 26.4. The summed E-state index contributed by atoms with van der Waals surface area (Å²) >= 11 is 0. The van der Waals surface area contributed by atoms with Crippen LogP contribution in [0.4, 0.5) is 4.79 Å². The molecule has 1 aliphatic heterocycles. The highest BCUT2D eigenvalue weighted by atomic mass is 16.6. The van der Waals surface area contributed by atoms with Gasteiger partial charge in [-0.05, 0) is 37.3 Å². The largest absolute Gasteiger partial charge is 0.439 e. The van der Waals surface area contributed by atoms with E-state index < -0.39 is 36.2 Å². The molecule has 6 nitrogen and oxygen atoms in total. The molecule has 0 bridgehead atoms. The second kappa shape index (κ2) is 11.1. The number of amides is 2. The van der Waals surface area contributed by atoms with E-state index in [1.807, 2.05) is 60.7 Å². The van der Waals surface area contributed by atoms with Crippen LogP contribution in [0.25, 0.3) is 0 Å². The van der Waals surface area contributed by atoms with Crippen molar-refractivity contribution >= 4 is 12.0 Å². The Balaban J connectivity index is 1.43. The zero-order valence-electron chi connectivity index (χ0n) is 18.1. The molecule has 3 rings (SSSR count). The summed E-state index contributed by atoms with van der Waals surface area (Å²) in [5.41, 5.74) is 1.98. The van der Waals surface area contributed by atoms with Gasteiger partial charge in [-0.3, -0.25) is 4.79 Å². The molecule has 2 aromatic carbocycles. The zero-order valence-corrected chi connectivity index (χ0v) is 18.1. The minimum Gasteiger partial charge on any atom is -0.439 e. The van der Waals surface area contributed by atoms with Crippen molar-refractivity contribution in [2.24, 2.45) is 5.92 Å². The molecule has 0 spiro atoms. The topological polar surface area (TPSA) is 76.1 Å². The molecule has 0 aliphatic carbocycles. The Labute approximate surface area is 183 Å². The van der Waals surface area contributed by atoms with E-state index >= 15 is 0 Å². The third-order valence-electron chi connectivity index (χ3n) is 5.75. The van der Waals surface area contributed by atoms with Crippen LogP contribution in [0.5, 0.6) is 0 Å². The molecule has 1 aliphatic rings. The lowest BCUT2D eigenvalue weighted by atomic mass is 9.96. The molecule has 2 amide bonds. The van der Waals surface area contributed by atoms with E-state index in [0.717, 1.165) is 28.9 Å². The number of aliphatic hydroxyl groups excluding tert-OH is 1. The number of aliphatic hydroxyl groups is 1. The fourth-order valence-corrected chi connectivity index (χ4v) is 3.80. The monoisotopic (exact) mass is 425 g/mol. The van der Waals surface area contributed by atoms with Crippen molar-refractivity contribution in [3.63, 3.8) is 0 Å². The van der Waals surface area contributed by atoms with Crippen molar-refractivity contribution < 1.29 is 24.2 Å². The van der Waals surface area contributed by atoms with Crippen LogP contribution in [-0.2, 0) is 20.9 Å². The van der Waals surface area contributed by atoms with Gasteiger partial charge in [0.25, 0.3) is 0 Å². The van der Waals surface area contributed by atoms with Crippen molar-refractivity contribution in [2.75, 3.05) is 6.61 Å². The van der Waals surface area contributed by atoms with Gasteiger partial charge in [0.1, 0.15) is 6.10 Å². The van der Waals surface area contributed by atoms with Crippen LogP contribution in [0.1, 0.15) is 50.3 Å². The molecular weight excluding hydrogens is 394 g/mol. The number of unbranched alkanes of at least 4 members (excludes halogenated alkanes) is 1. The zero-order chi connectivity index (χ0) is 22.2. The highest BCUT2D eigenvalue weighted by Gasteiger charge is 2.45. The van der Waals surface area contributed by atoms with E-state index in [1.165, 1.54) is 0 Å². The van der Waals surface area contributed by atoms with Gasteiger partial charge in [-0.2, -0.15) is 0 Å². The van der Waals surface area contributed by atoms with E-state index in [-0.39, 0.29) is 0 Å². The molecule has 4 atom stereocenters. The van der Waals surface area contributed by atoms with Gasteiger partial charge >= 0.3 is 6.09 Å². The first-order valence-corrected chi connectivity index (χ1v) is 10.9. The number of benzene rings is 2. The summed E-state index contributed by atoms with van der Waals surface area (Å²) in [7, 11) is 0. The third kappa shape index (κ3) is 5.93. The van der Waals surface area contributed by atoms with E-state index in [9.17, 15) is 14.7 Å². The van der Waals surface area contributed by atoms with E-state index in [2.05, 4.69) is 0 Å². The number of nitrogens with zero attached hydrogens (tertiary/aromatic N) is 1. The van der Waals surface area contributed by atoms with Gasteiger partial charge in [0, 0.05) is 6.61 Å². The molecule has 1 saturated heterocycles. The van der Waals surface area contributed by atoms with Crippen LogP contribution in [0, 0.1) is 5.92 Å². The quantitative estimate of drug-likeness (QED) is 0.568. The van der Waals surface area contributed by atoms with Crippen molar-refractivity contribution in [3.05, 3.63) is 71.8 Å². The first-order valence-electron chi connectivity index (χ1n) is 10.9. The standard InChI is InChI=1S/C25H31NO5/c1-18(22(27)15-9-10-16-30-17-20-11-5-3-6-12-20)24(28)26-19(2)23(31-25(26)29)21-13-7-4-8-14-21/h3-8,11-14,18-19,22-23,27H,9-10,15-17H2,1-2H3/t18-,19-,22+,23-/m1/s1. The highest BCUT2D eigenvalue weighted by molar-refractivity contribution is 5.95. The van der Waals surface area contributed by atoms with Gasteiger partial charge in [0.05, 0.1) is 24.7 Å². The number of carbonyl (C=O) groups excluding carboxylic acids is 2. The molecule has 0 aromatic heterocycles. The number of rotatable bonds is 10. The molecule has 1 fully saturated rings. The Hall–Kier alpha value is -2.70. The number of carbonyl (C=O) groups is 2. The first-order chi connectivity index (χ1) is 15.0. The van der Waals surface area contributed by atoms with Crippen LogP contribution >= 0.6 is 0 Å². The third-order valence-corrected chi connectivity index (χ3v) is 5.75. The lowest BCUT2D eigenvalue weighted by molar-refractivity contribution is -0.136. The predicted molar refractivity (Wildman–Crippen MR) is 117 cm³/mol. The summed E-state index contributed by atoms with van der Waals surface area (Å²) < 4.78 is 11.1. The molecule has 0 unspecified atom stereocenters. The molecule has 166 valence electrons. The highest BCUT2D eigenvalue weighted by Crippen LogP contribution is 2.33. The second-order valence-electron chi connectivity index (χ2n) is 8.05. The fraction of sp³-hybridized carbons (Fsp3) is 0.440. The van der Waals surface area contributed by atoms with Crippen molar-refractivity contribution in [2.45, 2.75) is 58.0 Å². The van der Waals surface area contributed by atoms with Crippen LogP contribution in [0.2, 0.25) is 0 Å². The molecule has 1 N–H and O–H groups in total. The van der Waals surface area contributed by atoms with E-state index in [4.69, 9.17) is 9.47 Å².